The van der Waals surface area contributed by atoms with Gasteiger partial charge in [0.15, 0.2) is 5.69 Å². The van der Waals surface area contributed by atoms with Crippen LogP contribution in [-0.2, 0) is 17.8 Å². The highest BCUT2D eigenvalue weighted by Gasteiger charge is 2.23. The molecular formula is C22H24Cl2N4O3. The highest BCUT2D eigenvalue weighted by Crippen LogP contribution is 2.28. The summed E-state index contributed by atoms with van der Waals surface area (Å²) in [4.78, 5) is 14.6. The van der Waals surface area contributed by atoms with E-state index in [1.54, 1.807) is 30.8 Å². The number of aromatic nitrogens is 3. The molecule has 0 fully saturated rings. The van der Waals surface area contributed by atoms with E-state index in [2.05, 4.69) is 15.2 Å². The largest absolute Gasteiger partial charge is 0.497 e. The van der Waals surface area contributed by atoms with Crippen LogP contribution >= 0.6 is 23.2 Å². The zero-order valence-electron chi connectivity index (χ0n) is 17.6. The van der Waals surface area contributed by atoms with Crippen LogP contribution in [0.1, 0.15) is 35.6 Å². The molecular weight excluding hydrogens is 439 g/mol. The van der Waals surface area contributed by atoms with Crippen LogP contribution in [0.3, 0.4) is 0 Å². The molecule has 0 saturated heterocycles. The topological polar surface area (TPSA) is 69.5 Å². The number of halogens is 2. The highest BCUT2D eigenvalue weighted by atomic mass is 35.5. The van der Waals surface area contributed by atoms with Gasteiger partial charge in [-0.25, -0.2) is 9.48 Å². The van der Waals surface area contributed by atoms with Gasteiger partial charge in [0.2, 0.25) is 0 Å². The second kappa shape index (κ2) is 10.5. The second-order valence-corrected chi connectivity index (χ2v) is 7.54. The predicted octanol–water partition coefficient (Wildman–Crippen LogP) is 4.85. The minimum Gasteiger partial charge on any atom is -0.497 e. The average molecular weight is 463 g/mol. The Morgan fingerprint density at radius 3 is 2.45 bits per heavy atom. The van der Waals surface area contributed by atoms with E-state index in [0.29, 0.717) is 35.4 Å². The summed E-state index contributed by atoms with van der Waals surface area (Å²) in [6, 6.07) is 13.1. The van der Waals surface area contributed by atoms with Crippen LogP contribution in [0, 0.1) is 0 Å². The van der Waals surface area contributed by atoms with Gasteiger partial charge in [-0.1, -0.05) is 40.5 Å². The van der Waals surface area contributed by atoms with E-state index in [-0.39, 0.29) is 12.3 Å². The van der Waals surface area contributed by atoms with Crippen molar-refractivity contribution in [3.05, 3.63) is 69.5 Å². The van der Waals surface area contributed by atoms with Crippen LogP contribution in [0.5, 0.6) is 5.75 Å². The van der Waals surface area contributed by atoms with E-state index in [1.807, 2.05) is 37.3 Å². The molecule has 31 heavy (non-hydrogen) atoms. The molecule has 7 nitrogen and oxygen atoms in total. The van der Waals surface area contributed by atoms with Crippen LogP contribution in [0.2, 0.25) is 10.0 Å². The molecule has 0 radical (unpaired) electrons. The molecule has 0 aliphatic carbocycles. The van der Waals surface area contributed by atoms with Crippen molar-refractivity contribution in [2.75, 3.05) is 25.2 Å². The summed E-state index contributed by atoms with van der Waals surface area (Å²) in [6.07, 6.45) is 0. The van der Waals surface area contributed by atoms with Crippen LogP contribution in [0.15, 0.2) is 42.5 Å². The number of ether oxygens (including phenoxy) is 2. The van der Waals surface area contributed by atoms with Gasteiger partial charge in [-0.15, -0.1) is 5.10 Å². The van der Waals surface area contributed by atoms with Crippen molar-refractivity contribution in [2.24, 2.45) is 0 Å². The molecule has 1 heterocycles. The first-order valence-electron chi connectivity index (χ1n) is 9.89. The Kier molecular flexibility index (Phi) is 7.76. The quantitative estimate of drug-likeness (QED) is 0.423. The van der Waals surface area contributed by atoms with Gasteiger partial charge in [-0.2, -0.15) is 0 Å². The van der Waals surface area contributed by atoms with Gasteiger partial charge in [0.1, 0.15) is 5.75 Å². The molecule has 3 rings (SSSR count). The van der Waals surface area contributed by atoms with Crippen molar-refractivity contribution in [3.8, 4) is 5.75 Å². The van der Waals surface area contributed by atoms with E-state index < -0.39 is 5.97 Å². The smallest absolute Gasteiger partial charge is 0.360 e. The molecule has 9 heteroatoms. The third-order valence-electron chi connectivity index (χ3n) is 4.79. The third-order valence-corrected chi connectivity index (χ3v) is 5.53. The van der Waals surface area contributed by atoms with E-state index in [4.69, 9.17) is 32.7 Å². The number of rotatable bonds is 9. The van der Waals surface area contributed by atoms with Crippen LogP contribution in [0.4, 0.5) is 5.69 Å². The molecule has 0 N–H and O–H groups in total. The number of carbonyl (C=O) groups excluding carboxylic acids is 1. The van der Waals surface area contributed by atoms with Gasteiger partial charge in [-0.3, -0.25) is 0 Å². The van der Waals surface area contributed by atoms with Crippen molar-refractivity contribution in [3.63, 3.8) is 0 Å². The molecule has 1 aromatic heterocycles. The molecule has 0 amide bonds. The normalized spacial score (nSPS) is 10.7. The number of anilines is 1. The van der Waals surface area contributed by atoms with E-state index in [9.17, 15) is 4.79 Å². The molecule has 0 atom stereocenters. The number of carbonyl (C=O) groups is 1. The van der Waals surface area contributed by atoms with E-state index >= 15 is 0 Å². The summed E-state index contributed by atoms with van der Waals surface area (Å²) in [5.74, 6) is 0.273. The zero-order valence-corrected chi connectivity index (χ0v) is 19.2. The highest BCUT2D eigenvalue weighted by molar-refractivity contribution is 6.42. The fourth-order valence-corrected chi connectivity index (χ4v) is 3.42. The van der Waals surface area contributed by atoms with Crippen LogP contribution in [0.25, 0.3) is 0 Å². The van der Waals surface area contributed by atoms with Gasteiger partial charge < -0.3 is 14.4 Å². The number of hydrogen-bond donors (Lipinski definition) is 0. The minimum atomic E-state index is -0.497. The molecule has 0 aliphatic heterocycles. The Balaban J connectivity index is 1.94. The third kappa shape index (κ3) is 5.48. The van der Waals surface area contributed by atoms with Gasteiger partial charge in [0, 0.05) is 12.2 Å². The first-order chi connectivity index (χ1) is 15.0. The van der Waals surface area contributed by atoms with Crippen molar-refractivity contribution >= 4 is 34.9 Å². The SMILES string of the molecule is CCOC(=O)c1nnn(Cc2ccc(OC)cc2)c1CN(CC)c1ccc(Cl)c(Cl)c1. The lowest BCUT2D eigenvalue weighted by Gasteiger charge is -2.24. The molecule has 0 unspecified atom stereocenters. The Bertz CT molecular complexity index is 1040. The lowest BCUT2D eigenvalue weighted by molar-refractivity contribution is 0.0518. The first-order valence-corrected chi connectivity index (χ1v) is 10.6. The van der Waals surface area contributed by atoms with Crippen molar-refractivity contribution in [1.82, 2.24) is 15.0 Å². The van der Waals surface area contributed by atoms with E-state index in [0.717, 1.165) is 17.0 Å². The molecule has 0 saturated carbocycles. The summed E-state index contributed by atoms with van der Waals surface area (Å²) < 4.78 is 12.1. The summed E-state index contributed by atoms with van der Waals surface area (Å²) in [6.45, 7) is 5.55. The summed E-state index contributed by atoms with van der Waals surface area (Å²) in [7, 11) is 1.62. The monoisotopic (exact) mass is 462 g/mol. The zero-order chi connectivity index (χ0) is 22.4. The lowest BCUT2D eigenvalue weighted by Crippen LogP contribution is -2.26. The van der Waals surface area contributed by atoms with Crippen molar-refractivity contribution < 1.29 is 14.3 Å². The molecule has 0 bridgehead atoms. The fourth-order valence-electron chi connectivity index (χ4n) is 3.13. The minimum absolute atomic E-state index is 0.203. The Labute approximate surface area is 191 Å². The van der Waals surface area contributed by atoms with Crippen molar-refractivity contribution in [2.45, 2.75) is 26.9 Å². The predicted molar refractivity (Wildman–Crippen MR) is 121 cm³/mol. The maximum atomic E-state index is 12.5. The maximum Gasteiger partial charge on any atom is 0.360 e. The Hall–Kier alpha value is -2.77. The standard InChI is InChI=1S/C22H24Cl2N4O3/c1-4-27(16-8-11-18(23)19(24)12-16)14-20-21(22(29)31-5-2)25-26-28(20)13-15-6-9-17(30-3)10-7-15/h6-12H,4-5,13-14H2,1-3H3. The molecule has 3 aromatic rings. The number of hydrogen-bond acceptors (Lipinski definition) is 6. The summed E-state index contributed by atoms with van der Waals surface area (Å²) in [5, 5.41) is 9.30. The van der Waals surface area contributed by atoms with Crippen molar-refractivity contribution in [1.29, 1.82) is 0 Å². The first kappa shape index (κ1) is 22.9. The van der Waals surface area contributed by atoms with Crippen LogP contribution in [-0.4, -0.2) is 41.2 Å². The fraction of sp³-hybridized carbons (Fsp3) is 0.318. The Morgan fingerprint density at radius 1 is 1.10 bits per heavy atom. The van der Waals surface area contributed by atoms with Gasteiger partial charge in [-0.05, 0) is 49.7 Å². The molecule has 2 aromatic carbocycles. The lowest BCUT2D eigenvalue weighted by atomic mass is 10.2. The van der Waals surface area contributed by atoms with Gasteiger partial charge >= 0.3 is 5.97 Å². The number of benzene rings is 2. The van der Waals surface area contributed by atoms with E-state index in [1.165, 1.54) is 0 Å². The summed E-state index contributed by atoms with van der Waals surface area (Å²) >= 11 is 12.3. The van der Waals surface area contributed by atoms with Crippen LogP contribution < -0.4 is 9.64 Å². The maximum absolute atomic E-state index is 12.5. The number of esters is 1. The second-order valence-electron chi connectivity index (χ2n) is 6.72. The summed E-state index contributed by atoms with van der Waals surface area (Å²) in [5.41, 5.74) is 2.74. The number of nitrogens with zero attached hydrogens (tertiary/aromatic N) is 4. The molecule has 0 aliphatic rings. The average Bonchev–Trinajstić information content (AvgIpc) is 3.17. The molecule has 164 valence electrons. The molecule has 0 spiro atoms. The van der Waals surface area contributed by atoms with Gasteiger partial charge in [0.25, 0.3) is 0 Å². The number of methoxy groups -OCH3 is 1. The van der Waals surface area contributed by atoms with Gasteiger partial charge in [0.05, 0.1) is 42.5 Å². The Morgan fingerprint density at radius 2 is 1.84 bits per heavy atom.